The van der Waals surface area contributed by atoms with E-state index < -0.39 is 30.2 Å². The Hall–Kier alpha value is -1.48. The summed E-state index contributed by atoms with van der Waals surface area (Å²) in [5, 5.41) is 18.8. The molecular weight excluding hydrogens is 228 g/mol. The molecule has 1 saturated heterocycles. The van der Waals surface area contributed by atoms with Crippen molar-refractivity contribution in [1.82, 2.24) is 9.55 Å². The monoisotopic (exact) mass is 242 g/mol. The van der Waals surface area contributed by atoms with Crippen molar-refractivity contribution in [3.05, 3.63) is 22.7 Å². The number of aliphatic hydroxyl groups excluding tert-OH is 2. The number of anilines is 1. The van der Waals surface area contributed by atoms with Crippen molar-refractivity contribution in [3.8, 4) is 0 Å². The first kappa shape index (κ1) is 12.0. The van der Waals surface area contributed by atoms with Crippen LogP contribution in [0.5, 0.6) is 0 Å². The lowest BCUT2D eigenvalue weighted by atomic mass is 10.1. The molecule has 8 nitrogen and oxygen atoms in total. The Balaban J connectivity index is 2.32. The summed E-state index contributed by atoms with van der Waals surface area (Å²) in [5.41, 5.74) is 10.4. The molecule has 94 valence electrons. The van der Waals surface area contributed by atoms with Crippen molar-refractivity contribution < 1.29 is 14.9 Å². The number of hydrogen-bond acceptors (Lipinski definition) is 7. The second-order valence-corrected chi connectivity index (χ2v) is 3.86. The highest BCUT2D eigenvalue weighted by atomic mass is 16.5. The van der Waals surface area contributed by atoms with E-state index in [9.17, 15) is 9.90 Å². The number of aliphatic hydroxyl groups is 2. The highest BCUT2D eigenvalue weighted by molar-refractivity contribution is 5.23. The molecule has 4 atom stereocenters. The van der Waals surface area contributed by atoms with Crippen LogP contribution in [0.2, 0.25) is 0 Å². The van der Waals surface area contributed by atoms with Crippen LogP contribution >= 0.6 is 0 Å². The molecule has 0 amide bonds. The first-order chi connectivity index (χ1) is 8.04. The Morgan fingerprint density at radius 3 is 2.82 bits per heavy atom. The zero-order valence-electron chi connectivity index (χ0n) is 8.93. The van der Waals surface area contributed by atoms with Crippen LogP contribution in [0.15, 0.2) is 17.1 Å². The van der Waals surface area contributed by atoms with E-state index in [1.54, 1.807) is 0 Å². The fourth-order valence-corrected chi connectivity index (χ4v) is 1.77. The molecule has 1 aromatic rings. The van der Waals surface area contributed by atoms with Crippen LogP contribution in [0.4, 0.5) is 5.82 Å². The van der Waals surface area contributed by atoms with E-state index in [0.717, 1.165) is 4.57 Å². The molecule has 2 heterocycles. The molecule has 1 fully saturated rings. The molecule has 1 aliphatic heterocycles. The number of nitrogen functional groups attached to an aromatic ring is 1. The van der Waals surface area contributed by atoms with Gasteiger partial charge in [0.15, 0.2) is 6.23 Å². The molecule has 17 heavy (non-hydrogen) atoms. The van der Waals surface area contributed by atoms with Gasteiger partial charge >= 0.3 is 5.69 Å². The summed E-state index contributed by atoms with van der Waals surface area (Å²) in [6.07, 6.45) is -1.39. The number of rotatable bonds is 2. The Morgan fingerprint density at radius 1 is 1.59 bits per heavy atom. The molecule has 0 radical (unpaired) electrons. The third-order valence-corrected chi connectivity index (χ3v) is 2.74. The van der Waals surface area contributed by atoms with E-state index in [1.807, 2.05) is 0 Å². The molecule has 8 heteroatoms. The first-order valence-corrected chi connectivity index (χ1v) is 5.09. The van der Waals surface area contributed by atoms with Gasteiger partial charge in [0.2, 0.25) is 0 Å². The molecule has 0 saturated carbocycles. The van der Waals surface area contributed by atoms with Crippen molar-refractivity contribution in [2.24, 2.45) is 5.73 Å². The highest BCUT2D eigenvalue weighted by Crippen LogP contribution is 2.26. The van der Waals surface area contributed by atoms with Gasteiger partial charge in [-0.3, -0.25) is 4.57 Å². The maximum Gasteiger partial charge on any atom is 0.351 e. The van der Waals surface area contributed by atoms with Gasteiger partial charge in [-0.1, -0.05) is 0 Å². The second kappa shape index (κ2) is 4.41. The van der Waals surface area contributed by atoms with E-state index >= 15 is 0 Å². The molecule has 1 aliphatic rings. The topological polar surface area (TPSA) is 137 Å². The molecule has 0 spiro atoms. The summed E-state index contributed by atoms with van der Waals surface area (Å²) in [6, 6.07) is 0.657. The van der Waals surface area contributed by atoms with Crippen molar-refractivity contribution in [3.63, 3.8) is 0 Å². The number of nitrogens with zero attached hydrogens (tertiary/aromatic N) is 2. The average Bonchev–Trinajstić information content (AvgIpc) is 2.57. The van der Waals surface area contributed by atoms with Crippen LogP contribution in [0.1, 0.15) is 6.23 Å². The van der Waals surface area contributed by atoms with Gasteiger partial charge < -0.3 is 26.4 Å². The van der Waals surface area contributed by atoms with E-state index in [4.69, 9.17) is 21.3 Å². The van der Waals surface area contributed by atoms with Crippen LogP contribution in [0.25, 0.3) is 0 Å². The molecule has 6 N–H and O–H groups in total. The average molecular weight is 242 g/mol. The lowest BCUT2D eigenvalue weighted by Crippen LogP contribution is -2.42. The lowest BCUT2D eigenvalue weighted by Gasteiger charge is -2.17. The maximum atomic E-state index is 11.6. The fourth-order valence-electron chi connectivity index (χ4n) is 1.77. The highest BCUT2D eigenvalue weighted by Gasteiger charge is 2.42. The minimum Gasteiger partial charge on any atom is -0.394 e. The smallest absolute Gasteiger partial charge is 0.351 e. The molecule has 0 aliphatic carbocycles. The van der Waals surface area contributed by atoms with E-state index in [0.29, 0.717) is 0 Å². The number of ether oxygens (including phenoxy) is 1. The standard InChI is InChI=1S/C9H14N4O4/c10-5-1-2-13(9(16)12-5)8-7(15)6(11)4(3-14)17-8/h1-2,4,6-8,14-15H,3,11H2,(H2,10,12,16)/t4-,6?,7?,8-/m1/s1. The number of aromatic nitrogens is 2. The van der Waals surface area contributed by atoms with Gasteiger partial charge in [0.25, 0.3) is 0 Å². The molecule has 1 aromatic heterocycles. The predicted molar refractivity (Wildman–Crippen MR) is 57.9 cm³/mol. The summed E-state index contributed by atoms with van der Waals surface area (Å²) in [5.74, 6) is 0.0849. The predicted octanol–water partition coefficient (Wildman–Crippen LogP) is -2.60. The molecular formula is C9H14N4O4. The van der Waals surface area contributed by atoms with Crippen LogP contribution in [-0.2, 0) is 4.74 Å². The normalized spacial score (nSPS) is 32.9. The van der Waals surface area contributed by atoms with Crippen molar-refractivity contribution >= 4 is 5.82 Å². The number of nitrogens with two attached hydrogens (primary N) is 2. The van der Waals surface area contributed by atoms with Gasteiger partial charge in [-0.15, -0.1) is 0 Å². The van der Waals surface area contributed by atoms with Crippen LogP contribution < -0.4 is 17.2 Å². The molecule has 0 bridgehead atoms. The Bertz CT molecular complexity index is 463. The first-order valence-electron chi connectivity index (χ1n) is 5.09. The van der Waals surface area contributed by atoms with E-state index in [2.05, 4.69) is 4.98 Å². The second-order valence-electron chi connectivity index (χ2n) is 3.86. The zero-order valence-corrected chi connectivity index (χ0v) is 8.93. The summed E-state index contributed by atoms with van der Waals surface area (Å²) in [7, 11) is 0. The van der Waals surface area contributed by atoms with Crippen LogP contribution in [0, 0.1) is 0 Å². The van der Waals surface area contributed by atoms with E-state index in [-0.39, 0.29) is 12.4 Å². The van der Waals surface area contributed by atoms with Crippen molar-refractivity contribution in [2.75, 3.05) is 12.3 Å². The van der Waals surface area contributed by atoms with Crippen molar-refractivity contribution in [2.45, 2.75) is 24.5 Å². The van der Waals surface area contributed by atoms with E-state index in [1.165, 1.54) is 12.3 Å². The van der Waals surface area contributed by atoms with Gasteiger partial charge in [-0.05, 0) is 6.07 Å². The number of hydrogen-bond donors (Lipinski definition) is 4. The minimum atomic E-state index is -1.09. The van der Waals surface area contributed by atoms with Gasteiger partial charge in [0.1, 0.15) is 18.0 Å². The molecule has 2 rings (SSSR count). The van der Waals surface area contributed by atoms with Gasteiger partial charge in [-0.2, -0.15) is 4.98 Å². The fraction of sp³-hybridized carbons (Fsp3) is 0.556. The summed E-state index contributed by atoms with van der Waals surface area (Å²) < 4.78 is 6.39. The van der Waals surface area contributed by atoms with Gasteiger partial charge in [0.05, 0.1) is 12.6 Å². The van der Waals surface area contributed by atoms with Crippen molar-refractivity contribution in [1.29, 1.82) is 0 Å². The van der Waals surface area contributed by atoms with Crippen LogP contribution in [-0.4, -0.2) is 44.6 Å². The SMILES string of the molecule is Nc1ccn([C@@H]2O[C@H](CO)C(N)C2O)c(=O)n1. The summed E-state index contributed by atoms with van der Waals surface area (Å²) >= 11 is 0. The third-order valence-electron chi connectivity index (χ3n) is 2.74. The molecule has 2 unspecified atom stereocenters. The van der Waals surface area contributed by atoms with Gasteiger partial charge in [-0.25, -0.2) is 4.79 Å². The Kier molecular flexibility index (Phi) is 3.11. The third kappa shape index (κ3) is 2.03. The van der Waals surface area contributed by atoms with Crippen LogP contribution in [0.3, 0.4) is 0 Å². The minimum absolute atomic E-state index is 0.0849. The Morgan fingerprint density at radius 2 is 2.29 bits per heavy atom. The quantitative estimate of drug-likeness (QED) is 0.446. The maximum absolute atomic E-state index is 11.6. The van der Waals surface area contributed by atoms with Gasteiger partial charge in [0, 0.05) is 6.20 Å². The zero-order chi connectivity index (χ0) is 12.6. The largest absolute Gasteiger partial charge is 0.394 e. The molecule has 0 aromatic carbocycles. The lowest BCUT2D eigenvalue weighted by molar-refractivity contribution is -0.0531. The summed E-state index contributed by atoms with van der Waals surface area (Å²) in [6.45, 7) is -0.328. The summed E-state index contributed by atoms with van der Waals surface area (Å²) in [4.78, 5) is 15.1. The Labute approximate surface area is 96.4 Å².